The van der Waals surface area contributed by atoms with Gasteiger partial charge in [0.15, 0.2) is 22.2 Å². The first-order valence-corrected chi connectivity index (χ1v) is 28.8. The van der Waals surface area contributed by atoms with Crippen molar-refractivity contribution >= 4 is 168 Å². The number of nitrogens with zero attached hydrogens (tertiary/aromatic N) is 10. The maximum Gasteiger partial charge on any atom is 1.00 e. The van der Waals surface area contributed by atoms with Crippen molar-refractivity contribution in [1.29, 1.82) is 0 Å². The van der Waals surface area contributed by atoms with E-state index in [2.05, 4.69) is 90.4 Å². The summed E-state index contributed by atoms with van der Waals surface area (Å²) in [5.41, 5.74) is 9.01. The van der Waals surface area contributed by atoms with Crippen LogP contribution >= 0.6 is 47.6 Å². The summed E-state index contributed by atoms with van der Waals surface area (Å²) in [6.45, 7) is -0.341. The van der Waals surface area contributed by atoms with Gasteiger partial charge >= 0.3 is 148 Å². The van der Waals surface area contributed by atoms with E-state index in [-0.39, 0.29) is 236 Å². The molecule has 0 saturated carbocycles. The smallest absolute Gasteiger partial charge is 0.744 e. The number of rotatable bonds is 25. The van der Waals surface area contributed by atoms with Crippen LogP contribution in [0.15, 0.2) is 136 Å². The Morgan fingerprint density at radius 1 is 0.512 bits per heavy atom. The van der Waals surface area contributed by atoms with Crippen molar-refractivity contribution in [2.75, 3.05) is 45.1 Å². The number of hydrogen-bond acceptors (Lipinski definition) is 36. The van der Waals surface area contributed by atoms with Crippen molar-refractivity contribution in [2.45, 2.75) is 31.9 Å². The SMILES string of the molecule is C.Nc1c(N=Nc2cc(Nc3nc(Cl)nc(Nc4cccc(S(=O)(=O)[O-])c4)n3)ccc2S(=O)(=O)[O-])cc(S(=O)(=O)[O-])c(N)c1N=Nc1cc(Nc2nc(Cl)nc(Nc3ccc(S(=O)(=O)CCOSOO[O-])cc3)n2)ccc1SOO[O-].[Na+].[Na+].[Na+].[Na+].[Na+]. The molecule has 34 nitrogen and oxygen atoms in total. The van der Waals surface area contributed by atoms with Gasteiger partial charge < -0.3 is 56.9 Å². The van der Waals surface area contributed by atoms with Crippen LogP contribution < -0.4 is 191 Å². The van der Waals surface area contributed by atoms with Crippen LogP contribution in [0, 0.1) is 0 Å². The third kappa shape index (κ3) is 23.8. The van der Waals surface area contributed by atoms with Crippen LogP contribution in [-0.4, -0.2) is 89.6 Å². The molecule has 7 rings (SSSR count). The molecule has 0 atom stereocenters. The molecular formula is C39H31Cl2N16Na5O18S6. The molecule has 47 heteroatoms. The van der Waals surface area contributed by atoms with Crippen molar-refractivity contribution in [1.82, 2.24) is 29.9 Å². The van der Waals surface area contributed by atoms with Crippen molar-refractivity contribution in [3.05, 3.63) is 102 Å². The Morgan fingerprint density at radius 2 is 0.988 bits per heavy atom. The van der Waals surface area contributed by atoms with E-state index in [0.29, 0.717) is 23.8 Å². The zero-order valence-electron chi connectivity index (χ0n) is 43.8. The molecule has 0 amide bonds. The van der Waals surface area contributed by atoms with Crippen LogP contribution in [0.3, 0.4) is 0 Å². The number of nitrogens with two attached hydrogens (primary N) is 2. The number of halogens is 2. The number of sulfone groups is 1. The minimum atomic E-state index is -5.50. The fourth-order valence-electron chi connectivity index (χ4n) is 6.19. The molecule has 0 radical (unpaired) electrons. The molecule has 2 aromatic heterocycles. The molecule has 430 valence electrons. The molecule has 0 fully saturated rings. The number of aromatic nitrogens is 6. The first-order chi connectivity index (χ1) is 37.8. The van der Waals surface area contributed by atoms with Crippen LogP contribution in [0.4, 0.5) is 80.7 Å². The van der Waals surface area contributed by atoms with Gasteiger partial charge in [0.2, 0.25) is 34.4 Å². The van der Waals surface area contributed by atoms with Gasteiger partial charge in [0.1, 0.15) is 53.1 Å². The average molecular weight is 1390 g/mol. The second-order valence-corrected chi connectivity index (χ2v) is 22.9. The van der Waals surface area contributed by atoms with E-state index in [0.717, 1.165) is 30.3 Å². The van der Waals surface area contributed by atoms with Crippen molar-refractivity contribution < 1.29 is 229 Å². The molecule has 0 aliphatic carbocycles. The van der Waals surface area contributed by atoms with Gasteiger partial charge in [-0.15, -0.1) is 24.8 Å². The summed E-state index contributed by atoms with van der Waals surface area (Å²) < 4.78 is 148. The zero-order valence-corrected chi connectivity index (χ0v) is 60.2. The molecule has 86 heavy (non-hydrogen) atoms. The first-order valence-electron chi connectivity index (χ1n) is 20.7. The fourth-order valence-corrected chi connectivity index (χ4v) is 10.1. The minimum absolute atomic E-state index is 0. The molecule has 0 saturated heterocycles. The Labute approximate surface area is 617 Å². The molecule has 0 unspecified atom stereocenters. The van der Waals surface area contributed by atoms with Crippen LogP contribution in [-0.2, 0) is 63.1 Å². The predicted molar refractivity (Wildman–Crippen MR) is 279 cm³/mol. The van der Waals surface area contributed by atoms with Gasteiger partial charge in [-0.25, -0.2) is 33.7 Å². The molecular weight excluding hydrogens is 1360 g/mol. The van der Waals surface area contributed by atoms with E-state index >= 15 is 0 Å². The van der Waals surface area contributed by atoms with E-state index < -0.39 is 94.4 Å². The Hall–Kier alpha value is -2.20. The zero-order chi connectivity index (χ0) is 58.0. The van der Waals surface area contributed by atoms with Crippen LogP contribution in [0.5, 0.6) is 0 Å². The normalized spacial score (nSPS) is 11.4. The standard InChI is InChI=1S/C38H32Cl2N16O18S6.CH4.5Na/c39-33-47-35(43-18-4-8-22(9-5-18)77(59,60)13-12-70-76-74-72-58)51-37(49-33)45-20-6-10-27(75-73-71-57)24(15-20)53-56-32-30(41)26(17-29(31(32)42)80(67,68)69)55-54-25-16-21(7-11-28(25)79(64,65)66)46-38-50-34(40)48-36(52-38)44-19-2-1-3-23(14-19)78(61,62)63;;;;;;/h1-11,14-17,57-58H,12-13,41-42H2,(H,61,62,63)(H,64,65,66)(H,67,68,69)(H2,43,45,47,49,51)(H2,44,46,48,50,52);1H4;;;;;/q;;5*+1/p-5. The molecule has 0 bridgehead atoms. The minimum Gasteiger partial charge on any atom is -0.744 e. The van der Waals surface area contributed by atoms with E-state index in [1.54, 1.807) is 0 Å². The number of benzene rings is 5. The second kappa shape index (κ2) is 36.7. The number of nitrogens with one attached hydrogen (secondary N) is 4. The predicted octanol–water partition coefficient (Wildman–Crippen LogP) is -9.49. The summed E-state index contributed by atoms with van der Waals surface area (Å²) in [6.07, 6.45) is 0. The van der Waals surface area contributed by atoms with E-state index in [1.807, 2.05) is 0 Å². The van der Waals surface area contributed by atoms with Crippen molar-refractivity contribution in [2.24, 2.45) is 20.5 Å². The summed E-state index contributed by atoms with van der Waals surface area (Å²) >= 11 is 12.7. The molecule has 2 heterocycles. The summed E-state index contributed by atoms with van der Waals surface area (Å²) in [4.78, 5) is 21.4. The number of azo groups is 2. The maximum atomic E-state index is 12.7. The summed E-state index contributed by atoms with van der Waals surface area (Å²) in [7, 11) is -19.5. The van der Waals surface area contributed by atoms with Gasteiger partial charge in [0, 0.05) is 22.7 Å². The van der Waals surface area contributed by atoms with E-state index in [9.17, 15) is 57.8 Å². The Kier molecular flexibility index (Phi) is 35.0. The first kappa shape index (κ1) is 81.8. The van der Waals surface area contributed by atoms with Crippen molar-refractivity contribution in [3.63, 3.8) is 0 Å². The average Bonchev–Trinajstić information content (AvgIpc) is 3.53. The quantitative estimate of drug-likeness (QED) is 0.00452. The van der Waals surface area contributed by atoms with Gasteiger partial charge in [-0.2, -0.15) is 34.2 Å². The Balaban J connectivity index is 0.00000616. The fraction of sp³-hybridized carbons (Fsp3) is 0.0769. The maximum absolute atomic E-state index is 12.7. The largest absolute Gasteiger partial charge is 1.00 e. The molecule has 0 aliphatic rings. The van der Waals surface area contributed by atoms with Crippen molar-refractivity contribution in [3.8, 4) is 0 Å². The number of anilines is 10. The number of hydrogen-bond donors (Lipinski definition) is 6. The van der Waals surface area contributed by atoms with Gasteiger partial charge in [-0.1, -0.05) is 13.5 Å². The van der Waals surface area contributed by atoms with Crippen LogP contribution in [0.2, 0.25) is 10.6 Å². The van der Waals surface area contributed by atoms with Crippen LogP contribution in [0.1, 0.15) is 7.43 Å². The molecule has 0 aliphatic heterocycles. The molecule has 0 spiro atoms. The summed E-state index contributed by atoms with van der Waals surface area (Å²) in [6, 6.07) is 17.4. The Morgan fingerprint density at radius 3 is 1.51 bits per heavy atom. The van der Waals surface area contributed by atoms with Gasteiger partial charge in [0.05, 0.1) is 60.3 Å². The monoisotopic (exact) mass is 1390 g/mol. The third-order valence-electron chi connectivity index (χ3n) is 9.57. The van der Waals surface area contributed by atoms with Gasteiger partial charge in [-0.05, 0) is 108 Å². The van der Waals surface area contributed by atoms with Crippen LogP contribution in [0.25, 0.3) is 0 Å². The molecule has 5 aromatic carbocycles. The summed E-state index contributed by atoms with van der Waals surface area (Å²) in [5.74, 6) is -1.39. The summed E-state index contributed by atoms with van der Waals surface area (Å²) in [5, 5.41) is 53.1. The topological polar surface area (TPSA) is 525 Å². The second-order valence-electron chi connectivity index (χ2n) is 14.8. The molecule has 7 aromatic rings. The van der Waals surface area contributed by atoms with E-state index in [1.165, 1.54) is 54.6 Å². The third-order valence-corrected chi connectivity index (χ3v) is 15.2. The Bertz CT molecular complexity index is 4020. The number of nitrogen functional groups attached to an aromatic ring is 2. The van der Waals surface area contributed by atoms with Gasteiger partial charge in [0.25, 0.3) is 0 Å². The van der Waals surface area contributed by atoms with E-state index in [4.69, 9.17) is 38.9 Å². The van der Waals surface area contributed by atoms with Gasteiger partial charge in [-0.3, -0.25) is 14.3 Å². The molecule has 8 N–H and O–H groups in total.